The molecule has 0 aromatic carbocycles. The summed E-state index contributed by atoms with van der Waals surface area (Å²) in [6.07, 6.45) is 2.59. The van der Waals surface area contributed by atoms with Crippen LogP contribution >= 0.6 is 0 Å². The minimum atomic E-state index is -0.596. The Labute approximate surface area is 144 Å². The molecule has 24 heavy (non-hydrogen) atoms. The largest absolute Gasteiger partial charge is 0.390 e. The molecule has 6 nitrogen and oxygen atoms in total. The first-order valence-electron chi connectivity index (χ1n) is 9.30. The highest BCUT2D eigenvalue weighted by molar-refractivity contribution is 5.57. The van der Waals surface area contributed by atoms with Gasteiger partial charge in [-0.1, -0.05) is 13.8 Å². The van der Waals surface area contributed by atoms with Crippen molar-refractivity contribution in [1.82, 2.24) is 0 Å². The molecule has 2 rings (SSSR count). The summed E-state index contributed by atoms with van der Waals surface area (Å²) < 4.78 is 11.4. The summed E-state index contributed by atoms with van der Waals surface area (Å²) in [4.78, 5) is 11.2. The zero-order valence-electron chi connectivity index (χ0n) is 14.7. The highest BCUT2D eigenvalue weighted by Gasteiger charge is 2.39. The lowest BCUT2D eigenvalue weighted by atomic mass is 9.90. The number of hydrogen-bond donors (Lipinski definition) is 3. The Morgan fingerprint density at radius 3 is 2.12 bits per heavy atom. The number of rotatable bonds is 9. The molecule has 3 N–H and O–H groups in total. The summed E-state index contributed by atoms with van der Waals surface area (Å²) in [5.41, 5.74) is 0. The number of aldehydes is 1. The first kappa shape index (κ1) is 19.8. The topological polar surface area (TPSA) is 96.2 Å². The fourth-order valence-corrected chi connectivity index (χ4v) is 3.83. The fraction of sp³-hybridized carbons (Fsp3) is 0.944. The second-order valence-electron chi connectivity index (χ2n) is 7.16. The van der Waals surface area contributed by atoms with Crippen LogP contribution in [0.25, 0.3) is 0 Å². The van der Waals surface area contributed by atoms with E-state index in [1.54, 1.807) is 0 Å². The Morgan fingerprint density at radius 1 is 0.958 bits per heavy atom. The second kappa shape index (κ2) is 9.25. The molecule has 6 heteroatoms. The van der Waals surface area contributed by atoms with E-state index >= 15 is 0 Å². The van der Waals surface area contributed by atoms with Crippen molar-refractivity contribution in [2.45, 2.75) is 102 Å². The average Bonchev–Trinajstić information content (AvgIpc) is 3.25. The Kier molecular flexibility index (Phi) is 7.62. The summed E-state index contributed by atoms with van der Waals surface area (Å²) in [7, 11) is 0. The van der Waals surface area contributed by atoms with E-state index in [0.29, 0.717) is 32.1 Å². The van der Waals surface area contributed by atoms with Gasteiger partial charge >= 0.3 is 0 Å². The Balaban J connectivity index is 1.79. The molecule has 140 valence electrons. The summed E-state index contributed by atoms with van der Waals surface area (Å²) >= 11 is 0. The van der Waals surface area contributed by atoms with E-state index in [1.165, 1.54) is 0 Å². The van der Waals surface area contributed by atoms with Crippen LogP contribution in [0.5, 0.6) is 0 Å². The number of ether oxygens (including phenoxy) is 2. The van der Waals surface area contributed by atoms with Crippen molar-refractivity contribution in [3.05, 3.63) is 0 Å². The predicted molar refractivity (Wildman–Crippen MR) is 88.6 cm³/mol. The molecule has 0 bridgehead atoms. The first-order chi connectivity index (χ1) is 11.5. The smallest absolute Gasteiger partial charge is 0.149 e. The Morgan fingerprint density at radius 2 is 1.54 bits per heavy atom. The summed E-state index contributed by atoms with van der Waals surface area (Å²) in [6.45, 7) is 3.80. The molecule has 0 aromatic rings. The summed E-state index contributed by atoms with van der Waals surface area (Å²) in [5, 5.41) is 30.1. The maximum Gasteiger partial charge on any atom is 0.149 e. The van der Waals surface area contributed by atoms with Gasteiger partial charge in [0.05, 0.1) is 36.6 Å². The van der Waals surface area contributed by atoms with E-state index in [2.05, 4.69) is 0 Å². The van der Waals surface area contributed by atoms with Crippen LogP contribution in [0.1, 0.15) is 58.8 Å². The van der Waals surface area contributed by atoms with E-state index in [0.717, 1.165) is 19.1 Å². The van der Waals surface area contributed by atoms with E-state index in [1.807, 2.05) is 13.8 Å². The number of hydrogen-bond acceptors (Lipinski definition) is 6. The van der Waals surface area contributed by atoms with Gasteiger partial charge in [-0.3, -0.25) is 0 Å². The Hall–Kier alpha value is -0.530. The van der Waals surface area contributed by atoms with Crippen LogP contribution in [-0.4, -0.2) is 64.3 Å². The van der Waals surface area contributed by atoms with Gasteiger partial charge in [-0.25, -0.2) is 0 Å². The van der Waals surface area contributed by atoms with Crippen molar-refractivity contribution < 1.29 is 29.6 Å². The quantitative estimate of drug-likeness (QED) is 0.544. The van der Waals surface area contributed by atoms with Crippen LogP contribution in [0.2, 0.25) is 0 Å². The highest BCUT2D eigenvalue weighted by Crippen LogP contribution is 2.33. The third kappa shape index (κ3) is 4.76. The molecule has 0 aromatic heterocycles. The zero-order valence-corrected chi connectivity index (χ0v) is 14.7. The van der Waals surface area contributed by atoms with Gasteiger partial charge < -0.3 is 29.6 Å². The fourth-order valence-electron chi connectivity index (χ4n) is 3.83. The van der Waals surface area contributed by atoms with Crippen LogP contribution in [-0.2, 0) is 14.3 Å². The molecule has 0 spiro atoms. The van der Waals surface area contributed by atoms with E-state index in [9.17, 15) is 20.1 Å². The van der Waals surface area contributed by atoms with Crippen molar-refractivity contribution in [2.24, 2.45) is 5.92 Å². The predicted octanol–water partition coefficient (Wildman–Crippen LogP) is 1.19. The van der Waals surface area contributed by atoms with Gasteiger partial charge in [0.15, 0.2) is 0 Å². The van der Waals surface area contributed by atoms with E-state index in [-0.39, 0.29) is 24.2 Å². The van der Waals surface area contributed by atoms with Crippen LogP contribution in [0.15, 0.2) is 0 Å². The maximum absolute atomic E-state index is 11.2. The normalized spacial score (nSPS) is 37.3. The number of carbonyl (C=O) groups excluding carboxylic acids is 1. The molecule has 0 radical (unpaired) electrons. The number of carbonyl (C=O) groups is 1. The monoisotopic (exact) mass is 344 g/mol. The maximum atomic E-state index is 11.2. The van der Waals surface area contributed by atoms with Crippen molar-refractivity contribution in [3.8, 4) is 0 Å². The third-order valence-electron chi connectivity index (χ3n) is 5.51. The lowest BCUT2D eigenvalue weighted by Crippen LogP contribution is -2.31. The molecular formula is C18H32O6. The highest BCUT2D eigenvalue weighted by atomic mass is 16.5. The van der Waals surface area contributed by atoms with Gasteiger partial charge in [0.2, 0.25) is 0 Å². The third-order valence-corrected chi connectivity index (χ3v) is 5.51. The lowest BCUT2D eigenvalue weighted by Gasteiger charge is -2.22. The molecule has 3 unspecified atom stereocenters. The minimum Gasteiger partial charge on any atom is -0.390 e. The van der Waals surface area contributed by atoms with Crippen LogP contribution in [0.4, 0.5) is 0 Å². The van der Waals surface area contributed by atoms with Crippen LogP contribution in [0, 0.1) is 5.92 Å². The van der Waals surface area contributed by atoms with Gasteiger partial charge in [0.1, 0.15) is 12.4 Å². The van der Waals surface area contributed by atoms with Crippen molar-refractivity contribution in [2.75, 3.05) is 0 Å². The van der Waals surface area contributed by atoms with Crippen molar-refractivity contribution in [3.63, 3.8) is 0 Å². The average molecular weight is 344 g/mol. The van der Waals surface area contributed by atoms with Gasteiger partial charge in [0.25, 0.3) is 0 Å². The molecule has 8 atom stereocenters. The van der Waals surface area contributed by atoms with Crippen LogP contribution in [0.3, 0.4) is 0 Å². The zero-order chi connectivity index (χ0) is 17.7. The van der Waals surface area contributed by atoms with E-state index in [4.69, 9.17) is 9.47 Å². The van der Waals surface area contributed by atoms with Gasteiger partial charge in [0, 0.05) is 0 Å². The molecule has 2 fully saturated rings. The van der Waals surface area contributed by atoms with Crippen LogP contribution < -0.4 is 0 Å². The standard InChI is InChI=1S/C18H32O6/c1-3-12(20)15-7-8-16(23-15)14(22)6-5-11-9-17(13(21)4-2)24-18(11)10-19/h10-18,20-22H,3-9H2,1-2H3/t11?,12?,13-,14?,15+,16-,17-,18-/m1/s1. The SMILES string of the molecule is CCC(O)[C@@H]1CC[C@H](C(O)CCC2C[C@H]([C@H](O)CC)O[C@@H]2C=O)O1. The molecule has 2 aliphatic heterocycles. The molecule has 0 amide bonds. The second-order valence-corrected chi connectivity index (χ2v) is 7.16. The van der Waals surface area contributed by atoms with Gasteiger partial charge in [-0.15, -0.1) is 0 Å². The van der Waals surface area contributed by atoms with Gasteiger partial charge in [-0.05, 0) is 50.9 Å². The lowest BCUT2D eigenvalue weighted by molar-refractivity contribution is -0.122. The van der Waals surface area contributed by atoms with Crippen molar-refractivity contribution in [1.29, 1.82) is 0 Å². The summed E-state index contributed by atoms with van der Waals surface area (Å²) in [5.74, 6) is 0.0294. The first-order valence-corrected chi connectivity index (χ1v) is 9.30. The van der Waals surface area contributed by atoms with Gasteiger partial charge in [-0.2, -0.15) is 0 Å². The molecule has 2 aliphatic rings. The molecule has 2 heterocycles. The summed E-state index contributed by atoms with van der Waals surface area (Å²) in [6, 6.07) is 0. The van der Waals surface area contributed by atoms with E-state index < -0.39 is 24.4 Å². The number of aliphatic hydroxyl groups is 3. The molecule has 2 saturated heterocycles. The Bertz CT molecular complexity index is 390. The number of aliphatic hydroxyl groups excluding tert-OH is 3. The minimum absolute atomic E-state index is 0.0294. The van der Waals surface area contributed by atoms with Crippen molar-refractivity contribution >= 4 is 6.29 Å². The molecular weight excluding hydrogens is 312 g/mol. The molecule has 0 aliphatic carbocycles. The molecule has 0 saturated carbocycles.